The second-order valence-electron chi connectivity index (χ2n) is 4.96. The predicted molar refractivity (Wildman–Crippen MR) is 83.8 cm³/mol. The van der Waals surface area contributed by atoms with Crippen LogP contribution in [0.3, 0.4) is 0 Å². The summed E-state index contributed by atoms with van der Waals surface area (Å²) < 4.78 is 1.59. The number of carbonyl (C=O) groups excluding carboxylic acids is 1. The Labute approximate surface area is 127 Å². The molecule has 1 atom stereocenters. The van der Waals surface area contributed by atoms with E-state index in [4.69, 9.17) is 0 Å². The van der Waals surface area contributed by atoms with Gasteiger partial charge in [0.15, 0.2) is 0 Å². The maximum atomic E-state index is 12.3. The zero-order valence-corrected chi connectivity index (χ0v) is 13.5. The molecule has 0 aliphatic heterocycles. The molecule has 0 aliphatic carbocycles. The fraction of sp³-hybridized carbons (Fsp3) is 0.400. The third kappa shape index (κ3) is 3.21. The molecule has 2 aromatic heterocycles. The number of nitrogens with zero attached hydrogens (tertiary/aromatic N) is 2. The fourth-order valence-corrected chi connectivity index (χ4v) is 2.95. The Morgan fingerprint density at radius 3 is 2.71 bits per heavy atom. The Morgan fingerprint density at radius 1 is 1.43 bits per heavy atom. The van der Waals surface area contributed by atoms with E-state index in [1.807, 2.05) is 33.1 Å². The summed E-state index contributed by atoms with van der Waals surface area (Å²) in [5.41, 5.74) is 1.70. The van der Waals surface area contributed by atoms with Crippen molar-refractivity contribution in [2.45, 2.75) is 40.3 Å². The summed E-state index contributed by atoms with van der Waals surface area (Å²) in [6, 6.07) is 3.16. The fourth-order valence-electron chi connectivity index (χ4n) is 2.14. The minimum atomic E-state index is -0.359. The quantitative estimate of drug-likeness (QED) is 0.943. The van der Waals surface area contributed by atoms with E-state index < -0.39 is 0 Å². The van der Waals surface area contributed by atoms with Crippen LogP contribution in [0.2, 0.25) is 0 Å². The number of thiazole rings is 1. The Hall–Kier alpha value is -1.95. The lowest BCUT2D eigenvalue weighted by Gasteiger charge is -2.13. The summed E-state index contributed by atoms with van der Waals surface area (Å²) in [4.78, 5) is 28.9. The maximum absolute atomic E-state index is 12.3. The monoisotopic (exact) mass is 305 g/mol. The van der Waals surface area contributed by atoms with Crippen molar-refractivity contribution < 1.29 is 4.79 Å². The number of hydrogen-bond acceptors (Lipinski definition) is 4. The lowest BCUT2D eigenvalue weighted by molar-refractivity contribution is 0.0937. The molecule has 5 nitrogen and oxygen atoms in total. The van der Waals surface area contributed by atoms with Crippen LogP contribution in [0.15, 0.2) is 22.3 Å². The van der Waals surface area contributed by atoms with Gasteiger partial charge in [-0.05, 0) is 39.8 Å². The van der Waals surface area contributed by atoms with Gasteiger partial charge in [-0.15, -0.1) is 11.3 Å². The molecule has 2 aromatic rings. The van der Waals surface area contributed by atoms with Crippen molar-refractivity contribution in [2.75, 3.05) is 0 Å². The molecule has 2 heterocycles. The molecule has 1 N–H and O–H groups in total. The third-order valence-electron chi connectivity index (χ3n) is 3.31. The van der Waals surface area contributed by atoms with Gasteiger partial charge in [-0.2, -0.15) is 0 Å². The van der Waals surface area contributed by atoms with Gasteiger partial charge in [0.05, 0.1) is 6.04 Å². The average molecular weight is 305 g/mol. The predicted octanol–water partition coefficient (Wildman–Crippen LogP) is 2.43. The average Bonchev–Trinajstić information content (AvgIpc) is 2.86. The van der Waals surface area contributed by atoms with Crippen LogP contribution in [0.25, 0.3) is 0 Å². The highest BCUT2D eigenvalue weighted by Gasteiger charge is 2.17. The van der Waals surface area contributed by atoms with Crippen LogP contribution in [-0.2, 0) is 6.54 Å². The van der Waals surface area contributed by atoms with Crippen molar-refractivity contribution in [3.05, 3.63) is 49.8 Å². The van der Waals surface area contributed by atoms with Crippen molar-refractivity contribution in [1.29, 1.82) is 0 Å². The molecule has 0 bridgehead atoms. The van der Waals surface area contributed by atoms with Gasteiger partial charge in [0.25, 0.3) is 11.5 Å². The van der Waals surface area contributed by atoms with Crippen molar-refractivity contribution >= 4 is 17.2 Å². The summed E-state index contributed by atoms with van der Waals surface area (Å²) >= 11 is 1.50. The number of carbonyl (C=O) groups is 1. The van der Waals surface area contributed by atoms with Crippen molar-refractivity contribution in [3.8, 4) is 0 Å². The summed E-state index contributed by atoms with van der Waals surface area (Å²) in [6.45, 7) is 8.06. The second kappa shape index (κ2) is 6.22. The van der Waals surface area contributed by atoms with Gasteiger partial charge in [-0.3, -0.25) is 9.59 Å². The van der Waals surface area contributed by atoms with Crippen molar-refractivity contribution in [1.82, 2.24) is 14.9 Å². The van der Waals surface area contributed by atoms with Crippen LogP contribution in [-0.4, -0.2) is 15.5 Å². The second-order valence-corrected chi connectivity index (χ2v) is 5.85. The minimum Gasteiger partial charge on any atom is -0.343 e. The van der Waals surface area contributed by atoms with Crippen LogP contribution in [0.1, 0.15) is 46.6 Å². The molecule has 0 spiro atoms. The van der Waals surface area contributed by atoms with Crippen LogP contribution < -0.4 is 10.9 Å². The van der Waals surface area contributed by atoms with Gasteiger partial charge in [0.2, 0.25) is 0 Å². The SMILES string of the molecule is CCn1c(C)ccc(C(=O)N[C@@H](C)c2nc(C)cs2)c1=O. The van der Waals surface area contributed by atoms with Crippen LogP contribution in [0, 0.1) is 13.8 Å². The first-order valence-electron chi connectivity index (χ1n) is 6.87. The Balaban J connectivity index is 2.23. The Bertz CT molecular complexity index is 718. The number of amides is 1. The van der Waals surface area contributed by atoms with Gasteiger partial charge in [-0.25, -0.2) is 4.98 Å². The van der Waals surface area contributed by atoms with E-state index in [2.05, 4.69) is 10.3 Å². The van der Waals surface area contributed by atoms with Gasteiger partial charge in [0.1, 0.15) is 10.6 Å². The largest absolute Gasteiger partial charge is 0.343 e. The summed E-state index contributed by atoms with van der Waals surface area (Å²) in [6.07, 6.45) is 0. The van der Waals surface area contributed by atoms with Gasteiger partial charge < -0.3 is 9.88 Å². The highest BCUT2D eigenvalue weighted by atomic mass is 32.1. The van der Waals surface area contributed by atoms with E-state index in [9.17, 15) is 9.59 Å². The number of aromatic nitrogens is 2. The third-order valence-corrected chi connectivity index (χ3v) is 4.45. The van der Waals surface area contributed by atoms with E-state index in [1.54, 1.807) is 16.7 Å². The molecule has 0 fully saturated rings. The summed E-state index contributed by atoms with van der Waals surface area (Å²) in [7, 11) is 0. The number of pyridine rings is 1. The van der Waals surface area contributed by atoms with Gasteiger partial charge in [-0.1, -0.05) is 0 Å². The molecule has 6 heteroatoms. The molecular formula is C15H19N3O2S. The highest BCUT2D eigenvalue weighted by Crippen LogP contribution is 2.17. The first-order chi connectivity index (χ1) is 9.93. The topological polar surface area (TPSA) is 64.0 Å². The van der Waals surface area contributed by atoms with Gasteiger partial charge >= 0.3 is 0 Å². The Kier molecular flexibility index (Phi) is 4.57. The number of hydrogen-bond donors (Lipinski definition) is 1. The molecule has 0 aromatic carbocycles. The van der Waals surface area contributed by atoms with Crippen LogP contribution >= 0.6 is 11.3 Å². The smallest absolute Gasteiger partial charge is 0.263 e. The van der Waals surface area contributed by atoms with E-state index in [0.717, 1.165) is 16.4 Å². The van der Waals surface area contributed by atoms with Crippen LogP contribution in [0.5, 0.6) is 0 Å². The minimum absolute atomic E-state index is 0.169. The maximum Gasteiger partial charge on any atom is 0.263 e. The zero-order chi connectivity index (χ0) is 15.6. The van der Waals surface area contributed by atoms with Gasteiger partial charge in [0, 0.05) is 23.3 Å². The van der Waals surface area contributed by atoms with Crippen molar-refractivity contribution in [3.63, 3.8) is 0 Å². The van der Waals surface area contributed by atoms with E-state index in [0.29, 0.717) is 6.54 Å². The molecular weight excluding hydrogens is 286 g/mol. The molecule has 0 saturated heterocycles. The normalized spacial score (nSPS) is 12.2. The van der Waals surface area contributed by atoms with E-state index in [1.165, 1.54) is 11.3 Å². The lowest BCUT2D eigenvalue weighted by Crippen LogP contribution is -2.34. The van der Waals surface area contributed by atoms with Crippen LogP contribution in [0.4, 0.5) is 0 Å². The molecule has 0 saturated carbocycles. The molecule has 112 valence electrons. The molecule has 0 radical (unpaired) electrons. The molecule has 0 unspecified atom stereocenters. The van der Waals surface area contributed by atoms with E-state index in [-0.39, 0.29) is 23.1 Å². The van der Waals surface area contributed by atoms with Crippen molar-refractivity contribution in [2.24, 2.45) is 0 Å². The molecule has 2 rings (SSSR count). The molecule has 0 aliphatic rings. The first kappa shape index (κ1) is 15.4. The zero-order valence-electron chi connectivity index (χ0n) is 12.6. The Morgan fingerprint density at radius 2 is 2.14 bits per heavy atom. The lowest BCUT2D eigenvalue weighted by atomic mass is 10.2. The standard InChI is InChI=1S/C15H19N3O2S/c1-5-18-10(3)6-7-12(15(18)20)13(19)17-11(4)14-16-9(2)8-21-14/h6-8,11H,5H2,1-4H3,(H,17,19)/t11-/m0/s1. The first-order valence-corrected chi connectivity index (χ1v) is 7.75. The number of rotatable bonds is 4. The number of nitrogens with one attached hydrogen (secondary N) is 1. The van der Waals surface area contributed by atoms with E-state index >= 15 is 0 Å². The molecule has 1 amide bonds. The highest BCUT2D eigenvalue weighted by molar-refractivity contribution is 7.09. The summed E-state index contributed by atoms with van der Waals surface area (Å²) in [5, 5.41) is 5.61. The number of aryl methyl sites for hydroxylation is 2. The summed E-state index contributed by atoms with van der Waals surface area (Å²) in [5.74, 6) is -0.359. The molecule has 21 heavy (non-hydrogen) atoms.